The lowest BCUT2D eigenvalue weighted by Crippen LogP contribution is -2.59. The minimum Gasteiger partial charge on any atom is -0.369 e. The largest absolute Gasteiger partial charge is 0.369 e. The van der Waals surface area contributed by atoms with Gasteiger partial charge in [0.1, 0.15) is 11.2 Å². The van der Waals surface area contributed by atoms with E-state index in [2.05, 4.69) is 35.6 Å². The van der Waals surface area contributed by atoms with Crippen molar-refractivity contribution in [2.75, 3.05) is 24.5 Å². The van der Waals surface area contributed by atoms with E-state index < -0.39 is 0 Å². The SMILES string of the molecule is c1cc(N2CCC[C@]3(CCCCN3)C2)c2c(-c3ncsn3)c[nH]c2n1. The fourth-order valence-corrected chi connectivity index (χ4v) is 4.92. The van der Waals surface area contributed by atoms with Crippen LogP contribution in [0.4, 0.5) is 5.69 Å². The standard InChI is InChI=1S/C18H22N6S/c1-2-7-22-18(5-1)6-3-9-24(11-18)14-4-8-19-17-15(14)13(10-20-17)16-21-12-25-23-16/h4,8,10,12,22H,1-3,5-7,9,11H2,(H,19,20)/t18-/m1/s1. The molecule has 0 saturated carbocycles. The molecule has 0 amide bonds. The molecule has 130 valence electrons. The fourth-order valence-electron chi connectivity index (χ4n) is 4.48. The molecule has 0 unspecified atom stereocenters. The molecule has 1 atom stereocenters. The molecule has 1 spiro atoms. The molecule has 6 nitrogen and oxygen atoms in total. The number of hydrogen-bond acceptors (Lipinski definition) is 6. The lowest BCUT2D eigenvalue weighted by Gasteiger charge is -2.47. The van der Waals surface area contributed by atoms with E-state index in [4.69, 9.17) is 0 Å². The predicted molar refractivity (Wildman–Crippen MR) is 101 cm³/mol. The van der Waals surface area contributed by atoms with Gasteiger partial charge in [-0.25, -0.2) is 9.97 Å². The molecule has 7 heteroatoms. The summed E-state index contributed by atoms with van der Waals surface area (Å²) >= 11 is 1.39. The maximum Gasteiger partial charge on any atom is 0.175 e. The van der Waals surface area contributed by atoms with Gasteiger partial charge in [-0.15, -0.1) is 0 Å². The molecular weight excluding hydrogens is 332 g/mol. The summed E-state index contributed by atoms with van der Waals surface area (Å²) in [4.78, 5) is 14.8. The summed E-state index contributed by atoms with van der Waals surface area (Å²) in [6.45, 7) is 3.32. The molecule has 25 heavy (non-hydrogen) atoms. The van der Waals surface area contributed by atoms with Gasteiger partial charge in [-0.2, -0.15) is 4.37 Å². The molecule has 0 aliphatic carbocycles. The van der Waals surface area contributed by atoms with Crippen LogP contribution in [-0.2, 0) is 0 Å². The van der Waals surface area contributed by atoms with Crippen molar-refractivity contribution in [1.29, 1.82) is 0 Å². The first-order chi connectivity index (χ1) is 12.3. The first-order valence-electron chi connectivity index (χ1n) is 9.08. The maximum absolute atomic E-state index is 4.52. The van der Waals surface area contributed by atoms with Gasteiger partial charge in [-0.1, -0.05) is 6.42 Å². The van der Waals surface area contributed by atoms with E-state index in [1.54, 1.807) is 5.51 Å². The van der Waals surface area contributed by atoms with Crippen molar-refractivity contribution in [3.63, 3.8) is 0 Å². The summed E-state index contributed by atoms with van der Waals surface area (Å²) in [5.74, 6) is 0.785. The van der Waals surface area contributed by atoms with Crippen LogP contribution in [0.25, 0.3) is 22.4 Å². The monoisotopic (exact) mass is 354 g/mol. The Bertz CT molecular complexity index is 859. The second-order valence-corrected chi connectivity index (χ2v) is 7.80. The fraction of sp³-hybridized carbons (Fsp3) is 0.500. The molecule has 2 fully saturated rings. The first kappa shape index (κ1) is 15.3. The third-order valence-electron chi connectivity index (χ3n) is 5.65. The Kier molecular flexibility index (Phi) is 3.71. The van der Waals surface area contributed by atoms with Crippen molar-refractivity contribution in [3.05, 3.63) is 24.0 Å². The van der Waals surface area contributed by atoms with Gasteiger partial charge in [0, 0.05) is 36.6 Å². The van der Waals surface area contributed by atoms with Crippen molar-refractivity contribution in [2.45, 2.75) is 37.6 Å². The summed E-state index contributed by atoms with van der Waals surface area (Å²) in [7, 11) is 0. The minimum atomic E-state index is 0.279. The number of aromatic amines is 1. The molecule has 0 radical (unpaired) electrons. The molecule has 2 aliphatic heterocycles. The van der Waals surface area contributed by atoms with Crippen LogP contribution >= 0.6 is 11.5 Å². The zero-order chi connectivity index (χ0) is 16.7. The number of anilines is 1. The topological polar surface area (TPSA) is 69.7 Å². The second kappa shape index (κ2) is 6.07. The number of rotatable bonds is 2. The zero-order valence-corrected chi connectivity index (χ0v) is 15.0. The van der Waals surface area contributed by atoms with Gasteiger partial charge in [-0.05, 0) is 49.8 Å². The van der Waals surface area contributed by atoms with Gasteiger partial charge in [0.2, 0.25) is 0 Å². The summed E-state index contributed by atoms with van der Waals surface area (Å²) in [5, 5.41) is 4.98. The van der Waals surface area contributed by atoms with Crippen LogP contribution in [0, 0.1) is 0 Å². The van der Waals surface area contributed by atoms with Gasteiger partial charge in [-0.3, -0.25) is 0 Å². The molecule has 0 bridgehead atoms. The molecular formula is C18H22N6S. The first-order valence-corrected chi connectivity index (χ1v) is 9.91. The van der Waals surface area contributed by atoms with E-state index in [-0.39, 0.29) is 5.54 Å². The van der Waals surface area contributed by atoms with Gasteiger partial charge < -0.3 is 15.2 Å². The Morgan fingerprint density at radius 3 is 2.96 bits per heavy atom. The van der Waals surface area contributed by atoms with Crippen molar-refractivity contribution in [3.8, 4) is 11.4 Å². The Morgan fingerprint density at radius 1 is 1.16 bits per heavy atom. The lowest BCUT2D eigenvalue weighted by atomic mass is 9.81. The van der Waals surface area contributed by atoms with E-state index in [1.807, 2.05) is 12.4 Å². The average Bonchev–Trinajstić information content (AvgIpc) is 3.31. The lowest BCUT2D eigenvalue weighted by molar-refractivity contribution is 0.216. The highest BCUT2D eigenvalue weighted by molar-refractivity contribution is 7.03. The molecule has 2 aliphatic rings. The van der Waals surface area contributed by atoms with Gasteiger partial charge in [0.05, 0.1) is 11.1 Å². The molecule has 3 aromatic heterocycles. The van der Waals surface area contributed by atoms with Crippen molar-refractivity contribution in [1.82, 2.24) is 24.6 Å². The van der Waals surface area contributed by atoms with Crippen molar-refractivity contribution in [2.24, 2.45) is 0 Å². The van der Waals surface area contributed by atoms with E-state index >= 15 is 0 Å². The third kappa shape index (κ3) is 2.62. The minimum absolute atomic E-state index is 0.279. The van der Waals surface area contributed by atoms with E-state index in [0.29, 0.717) is 0 Å². The molecule has 3 aromatic rings. The molecule has 2 saturated heterocycles. The van der Waals surface area contributed by atoms with Gasteiger partial charge in [0.15, 0.2) is 5.82 Å². The Balaban J connectivity index is 1.57. The molecule has 5 heterocycles. The van der Waals surface area contributed by atoms with Gasteiger partial charge >= 0.3 is 0 Å². The summed E-state index contributed by atoms with van der Waals surface area (Å²) in [6.07, 6.45) is 10.3. The highest BCUT2D eigenvalue weighted by Crippen LogP contribution is 2.37. The predicted octanol–water partition coefficient (Wildman–Crippen LogP) is 3.19. The summed E-state index contributed by atoms with van der Waals surface area (Å²) in [5.41, 5.74) is 5.28. The summed E-state index contributed by atoms with van der Waals surface area (Å²) < 4.78 is 4.43. The number of piperidine rings is 2. The van der Waals surface area contributed by atoms with E-state index in [0.717, 1.165) is 42.1 Å². The van der Waals surface area contributed by atoms with Crippen LogP contribution in [0.2, 0.25) is 0 Å². The Morgan fingerprint density at radius 2 is 2.12 bits per heavy atom. The smallest absolute Gasteiger partial charge is 0.175 e. The van der Waals surface area contributed by atoms with Crippen LogP contribution < -0.4 is 10.2 Å². The number of nitrogens with one attached hydrogen (secondary N) is 2. The number of nitrogens with zero attached hydrogens (tertiary/aromatic N) is 4. The molecule has 0 aromatic carbocycles. The molecule has 2 N–H and O–H groups in total. The van der Waals surface area contributed by atoms with Crippen molar-refractivity contribution >= 4 is 28.3 Å². The average molecular weight is 354 g/mol. The number of aromatic nitrogens is 4. The van der Waals surface area contributed by atoms with Crippen LogP contribution in [-0.4, -0.2) is 44.5 Å². The normalized spacial score (nSPS) is 24.2. The number of H-pyrrole nitrogens is 1. The highest BCUT2D eigenvalue weighted by Gasteiger charge is 2.37. The maximum atomic E-state index is 4.52. The van der Waals surface area contributed by atoms with Crippen LogP contribution in [0.3, 0.4) is 0 Å². The van der Waals surface area contributed by atoms with E-state index in [1.165, 1.54) is 49.3 Å². The van der Waals surface area contributed by atoms with Crippen molar-refractivity contribution < 1.29 is 0 Å². The number of fused-ring (bicyclic) bond motifs is 1. The van der Waals surface area contributed by atoms with E-state index in [9.17, 15) is 0 Å². The van der Waals surface area contributed by atoms with Gasteiger partial charge in [0.25, 0.3) is 0 Å². The highest BCUT2D eigenvalue weighted by atomic mass is 32.1. The Labute approximate surface area is 150 Å². The second-order valence-electron chi connectivity index (χ2n) is 7.20. The van der Waals surface area contributed by atoms with Crippen LogP contribution in [0.5, 0.6) is 0 Å². The number of pyridine rings is 1. The van der Waals surface area contributed by atoms with Crippen LogP contribution in [0.15, 0.2) is 24.0 Å². The Hall–Kier alpha value is -1.99. The van der Waals surface area contributed by atoms with Crippen LogP contribution in [0.1, 0.15) is 32.1 Å². The quantitative estimate of drug-likeness (QED) is 0.740. The third-order valence-corrected chi connectivity index (χ3v) is 6.13. The molecule has 5 rings (SSSR count). The zero-order valence-electron chi connectivity index (χ0n) is 14.2. The summed E-state index contributed by atoms with van der Waals surface area (Å²) in [6, 6.07) is 2.15. The number of hydrogen-bond donors (Lipinski definition) is 2.